The molecule has 3 N–H and O–H groups in total. The quantitative estimate of drug-likeness (QED) is 0.753. The number of hydrogen-bond donors (Lipinski definition) is 2. The molecule has 3 aromatic rings. The number of rotatable bonds is 5. The number of methoxy groups -OCH3 is 2. The summed E-state index contributed by atoms with van der Waals surface area (Å²) in [6.07, 6.45) is 1.46. The molecule has 0 spiro atoms. The number of benzene rings is 2. The Kier molecular flexibility index (Phi) is 4.20. The van der Waals surface area contributed by atoms with Crippen LogP contribution in [0, 0.1) is 0 Å². The van der Waals surface area contributed by atoms with Gasteiger partial charge in [0.2, 0.25) is 0 Å². The molecule has 0 fully saturated rings. The van der Waals surface area contributed by atoms with Crippen LogP contribution in [0.15, 0.2) is 48.7 Å². The number of nitrogens with one attached hydrogen (secondary N) is 1. The number of carbonyl (C=O) groups is 1. The van der Waals surface area contributed by atoms with E-state index in [0.717, 1.165) is 11.1 Å². The average Bonchev–Trinajstić information content (AvgIpc) is 2.61. The molecule has 0 aliphatic carbocycles. The van der Waals surface area contributed by atoms with Crippen molar-refractivity contribution in [1.29, 1.82) is 0 Å². The molecule has 24 heavy (non-hydrogen) atoms. The Hall–Kier alpha value is -3.28. The van der Waals surface area contributed by atoms with Crippen LogP contribution < -0.4 is 20.5 Å². The smallest absolute Gasteiger partial charge is 0.252 e. The minimum absolute atomic E-state index is 0.304. The average molecular weight is 323 g/mol. The molecule has 0 unspecified atom stereocenters. The number of nitrogens with two attached hydrogens (primary N) is 1. The van der Waals surface area contributed by atoms with Crippen LogP contribution >= 0.6 is 0 Å². The lowest BCUT2D eigenvalue weighted by molar-refractivity contribution is 0.100. The van der Waals surface area contributed by atoms with Crippen LogP contribution in [0.3, 0.4) is 0 Å². The number of aromatic nitrogens is 1. The molecule has 0 atom stereocenters. The van der Waals surface area contributed by atoms with Gasteiger partial charge in [0.25, 0.3) is 5.91 Å². The van der Waals surface area contributed by atoms with E-state index in [2.05, 4.69) is 10.3 Å². The Labute approximate surface area is 139 Å². The standard InChI is InChI=1S/C18H17N3O3/c1-23-11-7-8-12-15(9-11)20-10-13(18(19)22)17(12)21-14-5-3-4-6-16(14)24-2/h3-10H,1-2H3,(H2,19,22)(H,20,21). The third kappa shape index (κ3) is 2.81. The van der Waals surface area contributed by atoms with Gasteiger partial charge in [0, 0.05) is 17.6 Å². The summed E-state index contributed by atoms with van der Waals surface area (Å²) in [6, 6.07) is 12.9. The first kappa shape index (κ1) is 15.6. The molecule has 3 rings (SSSR count). The number of hydrogen-bond acceptors (Lipinski definition) is 5. The van der Waals surface area contributed by atoms with Crippen LogP contribution in [-0.4, -0.2) is 25.1 Å². The van der Waals surface area contributed by atoms with Gasteiger partial charge >= 0.3 is 0 Å². The van der Waals surface area contributed by atoms with E-state index in [4.69, 9.17) is 15.2 Å². The van der Waals surface area contributed by atoms with Gasteiger partial charge in [-0.2, -0.15) is 0 Å². The van der Waals surface area contributed by atoms with Gasteiger partial charge < -0.3 is 20.5 Å². The summed E-state index contributed by atoms with van der Waals surface area (Å²) in [4.78, 5) is 16.1. The van der Waals surface area contributed by atoms with Gasteiger partial charge in [0.05, 0.1) is 36.7 Å². The first-order valence-corrected chi connectivity index (χ1v) is 7.30. The number of ether oxygens (including phenoxy) is 2. The molecule has 1 heterocycles. The number of fused-ring (bicyclic) bond motifs is 1. The minimum atomic E-state index is -0.558. The van der Waals surface area contributed by atoms with E-state index in [1.165, 1.54) is 6.20 Å². The second-order valence-electron chi connectivity index (χ2n) is 5.12. The predicted molar refractivity (Wildman–Crippen MR) is 93.1 cm³/mol. The van der Waals surface area contributed by atoms with Gasteiger partial charge in [-0.15, -0.1) is 0 Å². The second-order valence-corrected chi connectivity index (χ2v) is 5.12. The molecule has 6 nitrogen and oxygen atoms in total. The van der Waals surface area contributed by atoms with Gasteiger partial charge in [-0.3, -0.25) is 9.78 Å². The number of carbonyl (C=O) groups excluding carboxylic acids is 1. The van der Waals surface area contributed by atoms with E-state index in [1.807, 2.05) is 36.4 Å². The normalized spacial score (nSPS) is 10.4. The second kappa shape index (κ2) is 6.45. The third-order valence-corrected chi connectivity index (χ3v) is 3.71. The highest BCUT2D eigenvalue weighted by Crippen LogP contribution is 2.34. The Balaban J connectivity index is 2.19. The van der Waals surface area contributed by atoms with Crippen molar-refractivity contribution in [3.05, 3.63) is 54.2 Å². The molecular weight excluding hydrogens is 306 g/mol. The van der Waals surface area contributed by atoms with Gasteiger partial charge in [-0.05, 0) is 24.3 Å². The summed E-state index contributed by atoms with van der Waals surface area (Å²) >= 11 is 0. The van der Waals surface area contributed by atoms with Gasteiger partial charge in [0.15, 0.2) is 0 Å². The zero-order valence-corrected chi connectivity index (χ0v) is 13.4. The highest BCUT2D eigenvalue weighted by atomic mass is 16.5. The number of pyridine rings is 1. The van der Waals surface area contributed by atoms with Crippen LogP contribution in [0.25, 0.3) is 10.9 Å². The minimum Gasteiger partial charge on any atom is -0.497 e. The van der Waals surface area contributed by atoms with Crippen molar-refractivity contribution in [3.63, 3.8) is 0 Å². The summed E-state index contributed by atoms with van der Waals surface area (Å²) < 4.78 is 10.6. The monoisotopic (exact) mass is 323 g/mol. The molecule has 0 radical (unpaired) electrons. The fourth-order valence-corrected chi connectivity index (χ4v) is 2.50. The van der Waals surface area contributed by atoms with Crippen molar-refractivity contribution in [3.8, 4) is 11.5 Å². The molecule has 0 bridgehead atoms. The maximum Gasteiger partial charge on any atom is 0.252 e. The lowest BCUT2D eigenvalue weighted by Gasteiger charge is -2.15. The van der Waals surface area contributed by atoms with Crippen molar-refractivity contribution in [2.24, 2.45) is 5.73 Å². The summed E-state index contributed by atoms with van der Waals surface area (Å²) in [6.45, 7) is 0. The van der Waals surface area contributed by atoms with Crippen molar-refractivity contribution in [2.75, 3.05) is 19.5 Å². The summed E-state index contributed by atoms with van der Waals surface area (Å²) in [5.74, 6) is 0.786. The Bertz CT molecular complexity index is 909. The molecule has 1 aromatic heterocycles. The maximum absolute atomic E-state index is 11.8. The highest BCUT2D eigenvalue weighted by Gasteiger charge is 2.15. The van der Waals surface area contributed by atoms with Gasteiger partial charge in [-0.25, -0.2) is 0 Å². The largest absolute Gasteiger partial charge is 0.497 e. The molecule has 2 aromatic carbocycles. The Morgan fingerprint density at radius 2 is 1.92 bits per heavy atom. The van der Waals surface area contributed by atoms with Crippen molar-refractivity contribution in [1.82, 2.24) is 4.98 Å². The van der Waals surface area contributed by atoms with E-state index >= 15 is 0 Å². The van der Waals surface area contributed by atoms with Crippen LogP contribution in [0.5, 0.6) is 11.5 Å². The zero-order valence-electron chi connectivity index (χ0n) is 13.4. The Morgan fingerprint density at radius 1 is 1.12 bits per heavy atom. The van der Waals surface area contributed by atoms with E-state index in [1.54, 1.807) is 20.3 Å². The number of primary amides is 1. The SMILES string of the molecule is COc1ccc2c(Nc3ccccc3OC)c(C(N)=O)cnc2c1. The number of anilines is 2. The topological polar surface area (TPSA) is 86.5 Å². The molecule has 0 saturated heterocycles. The molecule has 122 valence electrons. The third-order valence-electron chi connectivity index (χ3n) is 3.71. The zero-order chi connectivity index (χ0) is 17.1. The van der Waals surface area contributed by atoms with Gasteiger partial charge in [-0.1, -0.05) is 12.1 Å². The molecule has 0 aliphatic heterocycles. The first-order chi connectivity index (χ1) is 11.6. The first-order valence-electron chi connectivity index (χ1n) is 7.30. The number of para-hydroxylation sites is 2. The van der Waals surface area contributed by atoms with Crippen molar-refractivity contribution >= 4 is 28.2 Å². The molecule has 0 aliphatic rings. The fraction of sp³-hybridized carbons (Fsp3) is 0.111. The van der Waals surface area contributed by atoms with Crippen molar-refractivity contribution in [2.45, 2.75) is 0 Å². The molecular formula is C18H17N3O3. The van der Waals surface area contributed by atoms with Crippen molar-refractivity contribution < 1.29 is 14.3 Å². The highest BCUT2D eigenvalue weighted by molar-refractivity contribution is 6.07. The molecule has 6 heteroatoms. The summed E-state index contributed by atoms with van der Waals surface area (Å²) in [7, 11) is 3.18. The Morgan fingerprint density at radius 3 is 2.62 bits per heavy atom. The van der Waals surface area contributed by atoms with E-state index < -0.39 is 5.91 Å². The lowest BCUT2D eigenvalue weighted by Crippen LogP contribution is -2.14. The number of nitrogens with zero attached hydrogens (tertiary/aromatic N) is 1. The van der Waals surface area contributed by atoms with Crippen LogP contribution in [0.1, 0.15) is 10.4 Å². The van der Waals surface area contributed by atoms with Crippen LogP contribution in [-0.2, 0) is 0 Å². The van der Waals surface area contributed by atoms with E-state index in [9.17, 15) is 4.79 Å². The number of amides is 1. The predicted octanol–water partition coefficient (Wildman–Crippen LogP) is 3.09. The van der Waals surface area contributed by atoms with E-state index in [0.29, 0.717) is 28.3 Å². The van der Waals surface area contributed by atoms with Gasteiger partial charge in [0.1, 0.15) is 11.5 Å². The summed E-state index contributed by atoms with van der Waals surface area (Å²) in [5.41, 5.74) is 7.82. The molecule has 0 saturated carbocycles. The van der Waals surface area contributed by atoms with Crippen LogP contribution in [0.4, 0.5) is 11.4 Å². The summed E-state index contributed by atoms with van der Waals surface area (Å²) in [5, 5.41) is 4.01. The fourth-order valence-electron chi connectivity index (χ4n) is 2.50. The lowest BCUT2D eigenvalue weighted by atomic mass is 10.1. The molecule has 1 amide bonds. The van der Waals surface area contributed by atoms with E-state index in [-0.39, 0.29) is 0 Å². The maximum atomic E-state index is 11.8. The van der Waals surface area contributed by atoms with Crippen LogP contribution in [0.2, 0.25) is 0 Å².